The van der Waals surface area contributed by atoms with Gasteiger partial charge in [-0.1, -0.05) is 11.6 Å². The van der Waals surface area contributed by atoms with Gasteiger partial charge in [0.05, 0.1) is 17.3 Å². The molecule has 3 rings (SSSR count). The molecular weight excluding hydrogens is 336 g/mol. The molecule has 2 N–H and O–H groups in total. The maximum Gasteiger partial charge on any atom is 0.191 e. The van der Waals surface area contributed by atoms with Gasteiger partial charge in [0, 0.05) is 44.6 Å². The van der Waals surface area contributed by atoms with Crippen LogP contribution in [0.5, 0.6) is 0 Å². The number of guanidine groups is 1. The van der Waals surface area contributed by atoms with E-state index in [2.05, 4.69) is 39.4 Å². The van der Waals surface area contributed by atoms with E-state index < -0.39 is 0 Å². The zero-order valence-electron chi connectivity index (χ0n) is 15.2. The van der Waals surface area contributed by atoms with Crippen molar-refractivity contribution in [2.75, 3.05) is 20.1 Å². The average molecular weight is 363 g/mol. The highest BCUT2D eigenvalue weighted by Crippen LogP contribution is 2.13. The molecule has 1 fully saturated rings. The lowest BCUT2D eigenvalue weighted by Crippen LogP contribution is -2.49. The molecule has 0 saturated carbocycles. The number of imidazole rings is 1. The first-order valence-corrected chi connectivity index (χ1v) is 9.27. The number of rotatable bonds is 4. The van der Waals surface area contributed by atoms with Crippen LogP contribution in [0.1, 0.15) is 32.4 Å². The van der Waals surface area contributed by atoms with Gasteiger partial charge in [-0.3, -0.25) is 4.99 Å². The van der Waals surface area contributed by atoms with E-state index in [9.17, 15) is 0 Å². The highest BCUT2D eigenvalue weighted by Gasteiger charge is 2.21. The largest absolute Gasteiger partial charge is 0.354 e. The number of hydrogen-bond donors (Lipinski definition) is 2. The van der Waals surface area contributed by atoms with E-state index in [1.165, 1.54) is 0 Å². The summed E-state index contributed by atoms with van der Waals surface area (Å²) in [6.07, 6.45) is 6.14. The van der Waals surface area contributed by atoms with Gasteiger partial charge < -0.3 is 19.9 Å². The van der Waals surface area contributed by atoms with E-state index >= 15 is 0 Å². The number of hydrogen-bond acceptors (Lipinski definition) is 3. The molecule has 2 aromatic heterocycles. The third-order valence-corrected chi connectivity index (χ3v) is 4.95. The molecule has 0 atom stereocenters. The lowest BCUT2D eigenvalue weighted by atomic mass is 10.0. The quantitative estimate of drug-likeness (QED) is 0.648. The molecule has 3 heterocycles. The minimum atomic E-state index is 0.473. The number of aliphatic imine (C=N–C) groups is 1. The maximum atomic E-state index is 6.02. The molecule has 0 bridgehead atoms. The normalized spacial score (nSPS) is 17.4. The number of aromatic nitrogens is 2. The second-order valence-electron chi connectivity index (χ2n) is 6.82. The molecule has 0 unspecified atom stereocenters. The molecule has 0 radical (unpaired) electrons. The van der Waals surface area contributed by atoms with Crippen molar-refractivity contribution in [3.63, 3.8) is 0 Å². The molecule has 0 spiro atoms. The van der Waals surface area contributed by atoms with Gasteiger partial charge in [0.15, 0.2) is 5.96 Å². The molecule has 1 saturated heterocycles. The Bertz CT molecular complexity index is 730. The van der Waals surface area contributed by atoms with Crippen LogP contribution in [0.3, 0.4) is 0 Å². The van der Waals surface area contributed by atoms with Crippen LogP contribution in [-0.4, -0.2) is 52.5 Å². The first-order valence-electron chi connectivity index (χ1n) is 8.89. The van der Waals surface area contributed by atoms with Crippen molar-refractivity contribution >= 4 is 23.2 Å². The number of fused-ring (bicyclic) bond motifs is 1. The number of halogens is 1. The van der Waals surface area contributed by atoms with E-state index in [0.29, 0.717) is 23.7 Å². The van der Waals surface area contributed by atoms with E-state index in [-0.39, 0.29) is 0 Å². The number of piperidine rings is 1. The molecule has 0 aromatic carbocycles. The fourth-order valence-corrected chi connectivity index (χ4v) is 3.39. The summed E-state index contributed by atoms with van der Waals surface area (Å²) in [4.78, 5) is 11.5. The van der Waals surface area contributed by atoms with Crippen LogP contribution in [0.15, 0.2) is 29.5 Å². The summed E-state index contributed by atoms with van der Waals surface area (Å²) in [7, 11) is 1.81. The lowest BCUT2D eigenvalue weighted by molar-refractivity contribution is 0.167. The zero-order valence-corrected chi connectivity index (χ0v) is 15.9. The van der Waals surface area contributed by atoms with Crippen LogP contribution in [0.2, 0.25) is 5.02 Å². The predicted molar refractivity (Wildman–Crippen MR) is 103 cm³/mol. The molecule has 6 nitrogen and oxygen atoms in total. The first-order chi connectivity index (χ1) is 12.0. The van der Waals surface area contributed by atoms with E-state index in [1.54, 1.807) is 0 Å². The van der Waals surface area contributed by atoms with Gasteiger partial charge in [-0.05, 0) is 38.8 Å². The predicted octanol–water partition coefficient (Wildman–Crippen LogP) is 2.53. The highest BCUT2D eigenvalue weighted by atomic mass is 35.5. The van der Waals surface area contributed by atoms with E-state index in [0.717, 1.165) is 43.2 Å². The van der Waals surface area contributed by atoms with Crippen molar-refractivity contribution in [3.05, 3.63) is 35.2 Å². The Labute approximate surface area is 154 Å². The zero-order chi connectivity index (χ0) is 17.8. The van der Waals surface area contributed by atoms with Crippen molar-refractivity contribution in [2.24, 2.45) is 4.99 Å². The van der Waals surface area contributed by atoms with Crippen LogP contribution >= 0.6 is 11.6 Å². The SMILES string of the molecule is CN=C(NCc1cn2cc(Cl)ccc2n1)NC1CCN(C(C)C)CC1. The summed E-state index contributed by atoms with van der Waals surface area (Å²) in [5, 5.41) is 7.60. The summed E-state index contributed by atoms with van der Waals surface area (Å²) < 4.78 is 1.94. The smallest absolute Gasteiger partial charge is 0.191 e. The molecule has 25 heavy (non-hydrogen) atoms. The Kier molecular flexibility index (Phi) is 5.81. The number of nitrogens with one attached hydrogen (secondary N) is 2. The van der Waals surface area contributed by atoms with Gasteiger partial charge in [-0.15, -0.1) is 0 Å². The molecular formula is C18H27ClN6. The minimum Gasteiger partial charge on any atom is -0.354 e. The van der Waals surface area contributed by atoms with Gasteiger partial charge in [0.1, 0.15) is 5.65 Å². The third kappa shape index (κ3) is 4.64. The summed E-state index contributed by atoms with van der Waals surface area (Å²) >= 11 is 6.02. The minimum absolute atomic E-state index is 0.473. The third-order valence-electron chi connectivity index (χ3n) is 4.73. The fourth-order valence-electron chi connectivity index (χ4n) is 3.22. The summed E-state index contributed by atoms with van der Waals surface area (Å²) in [5.41, 5.74) is 1.85. The second kappa shape index (κ2) is 8.06. The van der Waals surface area contributed by atoms with Crippen LogP contribution in [-0.2, 0) is 6.54 Å². The van der Waals surface area contributed by atoms with Gasteiger partial charge in [-0.25, -0.2) is 4.98 Å². The number of pyridine rings is 1. The Morgan fingerprint density at radius 2 is 2.08 bits per heavy atom. The molecule has 7 heteroatoms. The van der Waals surface area contributed by atoms with Gasteiger partial charge in [0.2, 0.25) is 0 Å². The number of likely N-dealkylation sites (tertiary alicyclic amines) is 1. The van der Waals surface area contributed by atoms with Crippen molar-refractivity contribution < 1.29 is 0 Å². The van der Waals surface area contributed by atoms with Gasteiger partial charge in [-0.2, -0.15) is 0 Å². The Balaban J connectivity index is 1.52. The van der Waals surface area contributed by atoms with E-state index in [4.69, 9.17) is 11.6 Å². The molecule has 2 aromatic rings. The van der Waals surface area contributed by atoms with Gasteiger partial charge in [0.25, 0.3) is 0 Å². The Morgan fingerprint density at radius 3 is 2.76 bits per heavy atom. The molecule has 0 amide bonds. The molecule has 136 valence electrons. The number of nitrogens with zero attached hydrogens (tertiary/aromatic N) is 4. The molecule has 0 aliphatic carbocycles. The Hall–Kier alpha value is -1.79. The van der Waals surface area contributed by atoms with Gasteiger partial charge >= 0.3 is 0 Å². The average Bonchev–Trinajstić information content (AvgIpc) is 3.00. The fraction of sp³-hybridized carbons (Fsp3) is 0.556. The van der Waals surface area contributed by atoms with Crippen LogP contribution in [0, 0.1) is 0 Å². The topological polar surface area (TPSA) is 57.0 Å². The summed E-state index contributed by atoms with van der Waals surface area (Å²) in [5.74, 6) is 0.832. The van der Waals surface area contributed by atoms with Crippen molar-refractivity contribution in [3.8, 4) is 0 Å². The maximum absolute atomic E-state index is 6.02. The monoisotopic (exact) mass is 362 g/mol. The second-order valence-corrected chi connectivity index (χ2v) is 7.26. The summed E-state index contributed by atoms with van der Waals surface area (Å²) in [6, 6.07) is 4.87. The van der Waals surface area contributed by atoms with Crippen molar-refractivity contribution in [2.45, 2.75) is 45.3 Å². The molecule has 1 aliphatic heterocycles. The van der Waals surface area contributed by atoms with E-state index in [1.807, 2.05) is 36.0 Å². The van der Waals surface area contributed by atoms with Crippen LogP contribution in [0.4, 0.5) is 0 Å². The first kappa shape index (κ1) is 18.0. The molecule has 1 aliphatic rings. The Morgan fingerprint density at radius 1 is 1.32 bits per heavy atom. The standard InChI is InChI=1S/C18H27ClN6/c1-13(2)24-8-6-15(7-9-24)23-18(20-3)21-10-16-12-25-11-14(19)4-5-17(25)22-16/h4-5,11-13,15H,6-10H2,1-3H3,(H2,20,21,23). The van der Waals surface area contributed by atoms with Crippen molar-refractivity contribution in [1.82, 2.24) is 24.9 Å². The van der Waals surface area contributed by atoms with Crippen LogP contribution < -0.4 is 10.6 Å². The van der Waals surface area contributed by atoms with Crippen LogP contribution in [0.25, 0.3) is 5.65 Å². The summed E-state index contributed by atoms with van der Waals surface area (Å²) in [6.45, 7) is 7.43. The lowest BCUT2D eigenvalue weighted by Gasteiger charge is -2.35. The highest BCUT2D eigenvalue weighted by molar-refractivity contribution is 6.30. The van der Waals surface area contributed by atoms with Crippen molar-refractivity contribution in [1.29, 1.82) is 0 Å².